The van der Waals surface area contributed by atoms with Crippen LogP contribution in [-0.2, 0) is 9.53 Å². The first-order valence-electron chi connectivity index (χ1n) is 6.28. The largest absolute Gasteiger partial charge is 0.478 e. The summed E-state index contributed by atoms with van der Waals surface area (Å²) in [5.41, 5.74) is 5.49. The molecule has 1 aliphatic heterocycles. The number of nitrogens with two attached hydrogens (primary N) is 1. The Morgan fingerprint density at radius 2 is 1.95 bits per heavy atom. The zero-order valence-corrected chi connectivity index (χ0v) is 12.2. The number of nitrogens with zero attached hydrogens (tertiary/aromatic N) is 2. The van der Waals surface area contributed by atoms with Crippen LogP contribution in [0.2, 0.25) is 0 Å². The van der Waals surface area contributed by atoms with Gasteiger partial charge in [-0.05, 0) is 20.8 Å². The van der Waals surface area contributed by atoms with Gasteiger partial charge in [0.1, 0.15) is 5.60 Å². The predicted molar refractivity (Wildman–Crippen MR) is 74.6 cm³/mol. The molecule has 0 saturated carbocycles. The van der Waals surface area contributed by atoms with Crippen LogP contribution in [0.3, 0.4) is 0 Å². The summed E-state index contributed by atoms with van der Waals surface area (Å²) in [5.74, 6) is -1.30. The Morgan fingerprint density at radius 1 is 1.40 bits per heavy atom. The number of ether oxygens (including phenoxy) is 1. The van der Waals surface area contributed by atoms with Gasteiger partial charge in [-0.3, -0.25) is 4.99 Å². The monoisotopic (exact) mass is 283 g/mol. The molecule has 1 rings (SSSR count). The highest BCUT2D eigenvalue weighted by Crippen LogP contribution is 2.24. The zero-order chi connectivity index (χ0) is 15.5. The minimum absolute atomic E-state index is 0.0265. The number of amides is 1. The molecule has 0 aromatic rings. The minimum atomic E-state index is -1.12. The molecule has 0 atom stereocenters. The molecule has 0 spiro atoms. The van der Waals surface area contributed by atoms with Crippen molar-refractivity contribution in [3.05, 3.63) is 11.3 Å². The van der Waals surface area contributed by atoms with Crippen LogP contribution in [0, 0.1) is 5.92 Å². The van der Waals surface area contributed by atoms with Crippen LogP contribution in [0.4, 0.5) is 4.79 Å². The quantitative estimate of drug-likeness (QED) is 0.590. The van der Waals surface area contributed by atoms with E-state index in [4.69, 9.17) is 15.6 Å². The molecular weight excluding hydrogens is 262 g/mol. The van der Waals surface area contributed by atoms with Gasteiger partial charge in [0.15, 0.2) is 0 Å². The second-order valence-electron chi connectivity index (χ2n) is 5.64. The first-order valence-corrected chi connectivity index (χ1v) is 6.28. The van der Waals surface area contributed by atoms with Gasteiger partial charge in [0.2, 0.25) is 0 Å². The molecule has 7 nitrogen and oxygen atoms in total. The second-order valence-corrected chi connectivity index (χ2v) is 5.64. The van der Waals surface area contributed by atoms with Gasteiger partial charge < -0.3 is 20.5 Å². The number of aliphatic carboxylic acids is 1. The number of carbonyl (C=O) groups is 2. The highest BCUT2D eigenvalue weighted by atomic mass is 16.6. The van der Waals surface area contributed by atoms with Crippen LogP contribution >= 0.6 is 0 Å². The van der Waals surface area contributed by atoms with E-state index in [2.05, 4.69) is 4.99 Å². The number of hydrogen-bond donors (Lipinski definition) is 2. The van der Waals surface area contributed by atoms with Crippen molar-refractivity contribution in [2.45, 2.75) is 26.4 Å². The Labute approximate surface area is 118 Å². The van der Waals surface area contributed by atoms with Crippen molar-refractivity contribution >= 4 is 18.3 Å². The number of hydrogen-bond acceptors (Lipinski definition) is 5. The number of carboxylic acid groups (broad SMARTS) is 1. The summed E-state index contributed by atoms with van der Waals surface area (Å²) in [5, 5.41) is 9.04. The second kappa shape index (κ2) is 5.94. The van der Waals surface area contributed by atoms with Crippen molar-refractivity contribution in [3.63, 3.8) is 0 Å². The topological polar surface area (TPSA) is 105 Å². The summed E-state index contributed by atoms with van der Waals surface area (Å²) in [6, 6.07) is 0. The fourth-order valence-corrected chi connectivity index (χ4v) is 1.75. The SMILES string of the molecule is CN=CC(C(=O)O)=C(N)C1CN(C(=O)OC(C)(C)C)C1. The van der Waals surface area contributed by atoms with E-state index >= 15 is 0 Å². The fraction of sp³-hybridized carbons (Fsp3) is 0.615. The molecule has 0 radical (unpaired) electrons. The zero-order valence-electron chi connectivity index (χ0n) is 12.2. The summed E-state index contributed by atoms with van der Waals surface area (Å²) in [6.07, 6.45) is 0.802. The molecular formula is C13H21N3O4. The first-order chi connectivity index (χ1) is 9.15. The maximum atomic E-state index is 11.7. The van der Waals surface area contributed by atoms with Crippen LogP contribution < -0.4 is 5.73 Å². The van der Waals surface area contributed by atoms with Gasteiger partial charge in [0, 0.05) is 38.0 Å². The van der Waals surface area contributed by atoms with Crippen LogP contribution in [0.1, 0.15) is 20.8 Å². The van der Waals surface area contributed by atoms with Gasteiger partial charge >= 0.3 is 12.1 Å². The van der Waals surface area contributed by atoms with Gasteiger partial charge in [0.05, 0.1) is 5.57 Å². The molecule has 1 saturated heterocycles. The summed E-state index contributed by atoms with van der Waals surface area (Å²) in [6.45, 7) is 6.08. The maximum absolute atomic E-state index is 11.7. The number of rotatable bonds is 3. The smallest absolute Gasteiger partial charge is 0.410 e. The lowest BCUT2D eigenvalue weighted by atomic mass is 9.94. The molecule has 1 amide bonds. The number of aliphatic imine (C=N–C) groups is 1. The third kappa shape index (κ3) is 3.97. The highest BCUT2D eigenvalue weighted by molar-refractivity contribution is 6.09. The average molecular weight is 283 g/mol. The van der Waals surface area contributed by atoms with E-state index in [1.54, 1.807) is 20.8 Å². The Morgan fingerprint density at radius 3 is 2.35 bits per heavy atom. The van der Waals surface area contributed by atoms with Gasteiger partial charge in [-0.2, -0.15) is 0 Å². The van der Waals surface area contributed by atoms with Crippen LogP contribution in [-0.4, -0.2) is 54.0 Å². The van der Waals surface area contributed by atoms with Crippen molar-refractivity contribution < 1.29 is 19.4 Å². The molecule has 1 heterocycles. The molecule has 7 heteroatoms. The van der Waals surface area contributed by atoms with E-state index in [0.717, 1.165) is 0 Å². The lowest BCUT2D eigenvalue weighted by Crippen LogP contribution is -2.53. The predicted octanol–water partition coefficient (Wildman–Crippen LogP) is 0.851. The Balaban J connectivity index is 2.66. The van der Waals surface area contributed by atoms with E-state index in [0.29, 0.717) is 13.1 Å². The molecule has 20 heavy (non-hydrogen) atoms. The van der Waals surface area contributed by atoms with Crippen LogP contribution in [0.15, 0.2) is 16.3 Å². The Hall–Kier alpha value is -2.05. The van der Waals surface area contributed by atoms with Crippen molar-refractivity contribution in [2.24, 2.45) is 16.6 Å². The summed E-state index contributed by atoms with van der Waals surface area (Å²) < 4.78 is 5.21. The van der Waals surface area contributed by atoms with Gasteiger partial charge in [-0.25, -0.2) is 9.59 Å². The molecule has 0 aromatic heterocycles. The van der Waals surface area contributed by atoms with E-state index < -0.39 is 17.7 Å². The molecule has 112 valence electrons. The maximum Gasteiger partial charge on any atom is 0.410 e. The van der Waals surface area contributed by atoms with Gasteiger partial charge in [0.25, 0.3) is 0 Å². The standard InChI is InChI=1S/C13H21N3O4/c1-13(2,3)20-12(19)16-6-8(7-16)10(14)9(5-15-4)11(17)18/h5,8H,6-7,14H2,1-4H3,(H,17,18). The molecule has 0 aromatic carbocycles. The average Bonchev–Trinajstić information content (AvgIpc) is 2.20. The van der Waals surface area contributed by atoms with Gasteiger partial charge in [-0.1, -0.05) is 0 Å². The van der Waals surface area contributed by atoms with Crippen molar-refractivity contribution in [3.8, 4) is 0 Å². The van der Waals surface area contributed by atoms with Gasteiger partial charge in [-0.15, -0.1) is 0 Å². The normalized spacial score (nSPS) is 17.7. The third-order valence-corrected chi connectivity index (χ3v) is 2.77. The number of carboxylic acids is 1. The summed E-state index contributed by atoms with van der Waals surface area (Å²) >= 11 is 0. The molecule has 0 bridgehead atoms. The molecule has 1 fully saturated rings. The van der Waals surface area contributed by atoms with E-state index in [1.165, 1.54) is 18.2 Å². The lowest BCUT2D eigenvalue weighted by Gasteiger charge is -2.40. The summed E-state index contributed by atoms with van der Waals surface area (Å²) in [7, 11) is 1.48. The van der Waals surface area contributed by atoms with Crippen molar-refractivity contribution in [1.82, 2.24) is 4.90 Å². The Kier molecular flexibility index (Phi) is 4.75. The first kappa shape index (κ1) is 16.0. The van der Waals surface area contributed by atoms with E-state index in [1.807, 2.05) is 0 Å². The Bertz CT molecular complexity index is 457. The van der Waals surface area contributed by atoms with Crippen LogP contribution in [0.25, 0.3) is 0 Å². The third-order valence-electron chi connectivity index (χ3n) is 2.77. The summed E-state index contributed by atoms with van der Waals surface area (Å²) in [4.78, 5) is 28.0. The molecule has 1 aliphatic rings. The van der Waals surface area contributed by atoms with Crippen molar-refractivity contribution in [2.75, 3.05) is 20.1 Å². The van der Waals surface area contributed by atoms with Crippen LogP contribution in [0.5, 0.6) is 0 Å². The lowest BCUT2D eigenvalue weighted by molar-refractivity contribution is -0.132. The van der Waals surface area contributed by atoms with E-state index in [9.17, 15) is 9.59 Å². The highest BCUT2D eigenvalue weighted by Gasteiger charge is 2.36. The molecule has 0 aliphatic carbocycles. The molecule has 3 N–H and O–H groups in total. The number of carbonyl (C=O) groups excluding carboxylic acids is 1. The van der Waals surface area contributed by atoms with E-state index in [-0.39, 0.29) is 17.2 Å². The molecule has 0 unspecified atom stereocenters. The minimum Gasteiger partial charge on any atom is -0.478 e. The van der Waals surface area contributed by atoms with Crippen molar-refractivity contribution in [1.29, 1.82) is 0 Å². The number of likely N-dealkylation sites (tertiary alicyclic amines) is 1. The fourth-order valence-electron chi connectivity index (χ4n) is 1.75.